The molecular weight excluding hydrogens is 470 g/mol. The third kappa shape index (κ3) is 5.31. The molecule has 0 spiro atoms. The third-order valence-corrected chi connectivity index (χ3v) is 7.54. The lowest BCUT2D eigenvalue weighted by atomic mass is 10.2. The van der Waals surface area contributed by atoms with Crippen molar-refractivity contribution in [2.75, 3.05) is 26.2 Å². The summed E-state index contributed by atoms with van der Waals surface area (Å²) < 4.78 is 6.45. The highest BCUT2D eigenvalue weighted by molar-refractivity contribution is 9.11. The molecule has 0 unspecified atom stereocenters. The summed E-state index contributed by atoms with van der Waals surface area (Å²) in [4.78, 5) is 19.9. The fourth-order valence-corrected chi connectivity index (χ4v) is 5.78. The van der Waals surface area contributed by atoms with Crippen molar-refractivity contribution in [3.63, 3.8) is 0 Å². The molecule has 1 aliphatic heterocycles. The number of nitrogens with zero attached hydrogens (tertiary/aromatic N) is 3. The molecule has 0 aliphatic carbocycles. The van der Waals surface area contributed by atoms with E-state index in [0.29, 0.717) is 5.75 Å². The highest BCUT2D eigenvalue weighted by atomic mass is 79.9. The van der Waals surface area contributed by atoms with E-state index in [4.69, 9.17) is 4.52 Å². The van der Waals surface area contributed by atoms with Crippen LogP contribution in [0.3, 0.4) is 0 Å². The minimum Gasteiger partial charge on any atom is -0.360 e. The largest absolute Gasteiger partial charge is 0.360 e. The Balaban J connectivity index is 1.36. The number of aryl methyl sites for hydroxylation is 1. The molecule has 0 N–H and O–H groups in total. The van der Waals surface area contributed by atoms with Crippen molar-refractivity contribution in [1.82, 2.24) is 15.0 Å². The molecule has 3 aromatic rings. The summed E-state index contributed by atoms with van der Waals surface area (Å²) >= 11 is 6.91. The average molecular weight is 492 g/mol. The van der Waals surface area contributed by atoms with E-state index in [0.717, 1.165) is 58.4 Å². The maximum atomic E-state index is 13.2. The number of carbonyl (C=O) groups is 1. The molecule has 29 heavy (non-hydrogen) atoms. The fraction of sp³-hybridized carbons (Fsp3) is 0.333. The monoisotopic (exact) mass is 491 g/mol. The summed E-state index contributed by atoms with van der Waals surface area (Å²) in [6.45, 7) is 6.16. The van der Waals surface area contributed by atoms with Crippen molar-refractivity contribution in [1.29, 1.82) is 0 Å². The summed E-state index contributed by atoms with van der Waals surface area (Å²) in [6, 6.07) is 14.0. The summed E-state index contributed by atoms with van der Waals surface area (Å²) in [7, 11) is 0. The number of hydrogen-bond acceptors (Lipinski definition) is 6. The predicted molar refractivity (Wildman–Crippen MR) is 120 cm³/mol. The summed E-state index contributed by atoms with van der Waals surface area (Å²) in [6.07, 6.45) is 0. The number of aromatic nitrogens is 1. The lowest BCUT2D eigenvalue weighted by Crippen LogP contribution is -2.48. The van der Waals surface area contributed by atoms with Crippen molar-refractivity contribution >= 4 is 44.9 Å². The first kappa shape index (κ1) is 20.7. The number of thioether (sulfide) groups is 1. The first-order valence-corrected chi connectivity index (χ1v) is 12.1. The van der Waals surface area contributed by atoms with Gasteiger partial charge in [0.25, 0.3) is 5.91 Å². The smallest absolute Gasteiger partial charge is 0.255 e. The van der Waals surface area contributed by atoms with Gasteiger partial charge in [-0.15, -0.1) is 23.1 Å². The Labute approximate surface area is 187 Å². The molecule has 0 saturated carbocycles. The Morgan fingerprint density at radius 1 is 1.21 bits per heavy atom. The van der Waals surface area contributed by atoms with Crippen LogP contribution in [0.1, 0.15) is 26.7 Å². The van der Waals surface area contributed by atoms with Crippen LogP contribution >= 0.6 is 39.0 Å². The summed E-state index contributed by atoms with van der Waals surface area (Å²) in [5, 5.41) is 3.93. The SMILES string of the molecule is Cc1cc(CSc2ccccc2C(=O)N2CCN(Cc3ccc(Br)s3)CC2)on1. The van der Waals surface area contributed by atoms with Crippen molar-refractivity contribution in [2.24, 2.45) is 0 Å². The summed E-state index contributed by atoms with van der Waals surface area (Å²) in [5.41, 5.74) is 1.64. The molecular formula is C21H22BrN3O2S2. The number of halogens is 1. The standard InChI is InChI=1S/C21H22BrN3O2S2/c1-15-12-16(27-23-15)14-28-19-5-3-2-4-18(19)21(26)25-10-8-24(9-11-25)13-17-6-7-20(22)29-17/h2-7,12H,8-11,13-14H2,1H3. The first-order valence-electron chi connectivity index (χ1n) is 9.48. The molecule has 8 heteroatoms. The second kappa shape index (κ2) is 9.47. The Morgan fingerprint density at radius 3 is 2.69 bits per heavy atom. The van der Waals surface area contributed by atoms with Crippen LogP contribution in [-0.4, -0.2) is 47.0 Å². The van der Waals surface area contributed by atoms with E-state index in [1.54, 1.807) is 23.1 Å². The van der Waals surface area contributed by atoms with E-state index in [-0.39, 0.29) is 5.91 Å². The number of hydrogen-bond donors (Lipinski definition) is 0. The topological polar surface area (TPSA) is 49.6 Å². The van der Waals surface area contributed by atoms with Gasteiger partial charge in [0.2, 0.25) is 0 Å². The number of benzene rings is 1. The van der Waals surface area contributed by atoms with Crippen LogP contribution < -0.4 is 0 Å². The molecule has 1 fully saturated rings. The molecule has 5 nitrogen and oxygen atoms in total. The Kier molecular flexibility index (Phi) is 6.74. The zero-order chi connectivity index (χ0) is 20.2. The van der Waals surface area contributed by atoms with Gasteiger partial charge in [-0.3, -0.25) is 9.69 Å². The molecule has 0 bridgehead atoms. The Morgan fingerprint density at radius 2 is 2.00 bits per heavy atom. The molecule has 2 aromatic heterocycles. The van der Waals surface area contributed by atoms with Crippen LogP contribution in [0.2, 0.25) is 0 Å². The number of carbonyl (C=O) groups excluding carboxylic acids is 1. The van der Waals surface area contributed by atoms with Crippen LogP contribution in [0.4, 0.5) is 0 Å². The number of amides is 1. The van der Waals surface area contributed by atoms with Crippen molar-refractivity contribution in [3.05, 3.63) is 68.1 Å². The fourth-order valence-electron chi connectivity index (χ4n) is 3.34. The second-order valence-corrected chi connectivity index (χ2v) is 10.6. The van der Waals surface area contributed by atoms with Crippen LogP contribution in [-0.2, 0) is 12.3 Å². The average Bonchev–Trinajstić information content (AvgIpc) is 3.34. The maximum Gasteiger partial charge on any atom is 0.255 e. The van der Waals surface area contributed by atoms with Crippen molar-refractivity contribution in [2.45, 2.75) is 24.1 Å². The quantitative estimate of drug-likeness (QED) is 0.451. The van der Waals surface area contributed by atoms with Gasteiger partial charge in [-0.25, -0.2) is 0 Å². The van der Waals surface area contributed by atoms with Gasteiger partial charge in [-0.1, -0.05) is 17.3 Å². The second-order valence-electron chi connectivity index (χ2n) is 6.99. The van der Waals surface area contributed by atoms with Gasteiger partial charge >= 0.3 is 0 Å². The molecule has 1 amide bonds. The first-order chi connectivity index (χ1) is 14.1. The van der Waals surface area contributed by atoms with E-state index < -0.39 is 0 Å². The minimum atomic E-state index is 0.111. The highest BCUT2D eigenvalue weighted by Crippen LogP contribution is 2.28. The highest BCUT2D eigenvalue weighted by Gasteiger charge is 2.24. The van der Waals surface area contributed by atoms with Crippen molar-refractivity contribution < 1.29 is 9.32 Å². The zero-order valence-corrected chi connectivity index (χ0v) is 19.4. The van der Waals surface area contributed by atoms with Crippen LogP contribution in [0.15, 0.2) is 55.7 Å². The van der Waals surface area contributed by atoms with Gasteiger partial charge in [0.1, 0.15) is 5.76 Å². The molecule has 1 aliphatic rings. The number of thiophene rings is 1. The van der Waals surface area contributed by atoms with E-state index in [9.17, 15) is 4.79 Å². The van der Waals surface area contributed by atoms with Gasteiger partial charge in [0.15, 0.2) is 0 Å². The third-order valence-electron chi connectivity index (χ3n) is 4.83. The number of piperazine rings is 1. The Bertz CT molecular complexity index is 980. The molecule has 0 atom stereocenters. The lowest BCUT2D eigenvalue weighted by molar-refractivity contribution is 0.0626. The van der Waals surface area contributed by atoms with Gasteiger partial charge in [0.05, 0.1) is 20.8 Å². The number of rotatable bonds is 6. The molecule has 0 radical (unpaired) electrons. The Hall–Kier alpha value is -1.61. The van der Waals surface area contributed by atoms with Gasteiger partial charge in [-0.05, 0) is 47.1 Å². The van der Waals surface area contributed by atoms with Gasteiger partial charge in [-0.2, -0.15) is 0 Å². The van der Waals surface area contributed by atoms with Crippen LogP contribution in [0.5, 0.6) is 0 Å². The van der Waals surface area contributed by atoms with Crippen molar-refractivity contribution in [3.8, 4) is 0 Å². The normalized spacial score (nSPS) is 15.0. The molecule has 1 saturated heterocycles. The lowest BCUT2D eigenvalue weighted by Gasteiger charge is -2.34. The van der Waals surface area contributed by atoms with E-state index in [1.165, 1.54) is 4.88 Å². The molecule has 4 rings (SSSR count). The molecule has 1 aromatic carbocycles. The maximum absolute atomic E-state index is 13.2. The van der Waals surface area contributed by atoms with Gasteiger partial charge in [0, 0.05) is 48.6 Å². The van der Waals surface area contributed by atoms with Crippen LogP contribution in [0.25, 0.3) is 0 Å². The van der Waals surface area contributed by atoms with E-state index in [2.05, 4.69) is 38.1 Å². The minimum absolute atomic E-state index is 0.111. The summed E-state index contributed by atoms with van der Waals surface area (Å²) in [5.74, 6) is 1.60. The van der Waals surface area contributed by atoms with Gasteiger partial charge < -0.3 is 9.42 Å². The van der Waals surface area contributed by atoms with E-state index in [1.807, 2.05) is 42.2 Å². The molecule has 152 valence electrons. The molecule has 3 heterocycles. The zero-order valence-electron chi connectivity index (χ0n) is 16.1. The van der Waals surface area contributed by atoms with E-state index >= 15 is 0 Å². The predicted octanol–water partition coefficient (Wildman–Crippen LogP) is 5.06. The van der Waals surface area contributed by atoms with Crippen LogP contribution in [0, 0.1) is 6.92 Å².